The number of sulfone groups is 1. The zero-order valence-corrected chi connectivity index (χ0v) is 22.3. The van der Waals surface area contributed by atoms with Crippen LogP contribution in [0.15, 0.2) is 48.5 Å². The molecule has 5 rings (SSSR count). The number of rotatable bonds is 6. The van der Waals surface area contributed by atoms with Crippen LogP contribution in [0.25, 0.3) is 22.3 Å². The van der Waals surface area contributed by atoms with E-state index in [-0.39, 0.29) is 23.0 Å². The lowest BCUT2D eigenvalue weighted by Gasteiger charge is -2.14. The number of fused-ring (bicyclic) bond motifs is 1. The summed E-state index contributed by atoms with van der Waals surface area (Å²) in [5, 5.41) is 10.6. The molecular formula is C27H26FN5O5S. The molecule has 1 aliphatic heterocycles. The van der Waals surface area contributed by atoms with Crippen molar-refractivity contribution in [2.75, 3.05) is 29.2 Å². The Balaban J connectivity index is 1.65. The predicted octanol–water partition coefficient (Wildman–Crippen LogP) is 4.12. The topological polar surface area (TPSA) is 132 Å². The Bertz CT molecular complexity index is 1720. The molecular weight excluding hydrogens is 525 g/mol. The molecule has 39 heavy (non-hydrogen) atoms. The second-order valence-electron chi connectivity index (χ2n) is 9.40. The number of ether oxygens (including phenoxy) is 1. The molecule has 1 fully saturated rings. The van der Waals surface area contributed by atoms with Crippen LogP contribution in [0.1, 0.15) is 35.4 Å². The number of anilines is 2. The van der Waals surface area contributed by atoms with Crippen molar-refractivity contribution < 1.29 is 27.1 Å². The predicted molar refractivity (Wildman–Crippen MR) is 145 cm³/mol. The van der Waals surface area contributed by atoms with Crippen LogP contribution in [0.5, 0.6) is 5.75 Å². The van der Waals surface area contributed by atoms with Gasteiger partial charge in [0.25, 0.3) is 5.91 Å². The molecule has 2 amide bonds. The summed E-state index contributed by atoms with van der Waals surface area (Å²) in [7, 11) is -1.75. The summed E-state index contributed by atoms with van der Waals surface area (Å²) >= 11 is 0. The molecule has 2 aromatic carbocycles. The van der Waals surface area contributed by atoms with Gasteiger partial charge in [-0.05, 0) is 61.9 Å². The number of methoxy groups -OCH3 is 1. The Hall–Kier alpha value is -4.32. The minimum atomic E-state index is -3.21. The number of aromatic nitrogens is 3. The van der Waals surface area contributed by atoms with Crippen molar-refractivity contribution in [1.29, 1.82) is 0 Å². The Morgan fingerprint density at radius 2 is 1.85 bits per heavy atom. The maximum Gasteiger partial charge on any atom is 0.256 e. The molecule has 1 aliphatic rings. The van der Waals surface area contributed by atoms with Gasteiger partial charge in [0.2, 0.25) is 5.91 Å². The van der Waals surface area contributed by atoms with E-state index in [1.165, 1.54) is 26.2 Å². The Labute approximate surface area is 224 Å². The summed E-state index contributed by atoms with van der Waals surface area (Å²) in [6.07, 6.45) is 0.385. The van der Waals surface area contributed by atoms with Crippen LogP contribution in [0, 0.1) is 12.7 Å². The average Bonchev–Trinajstić information content (AvgIpc) is 3.42. The Morgan fingerprint density at radius 3 is 2.49 bits per heavy atom. The standard InChI is InChI=1S/C27H26FN5O5S/c1-15-25-21(27(35)31-23-12-19(29-16(2)34)8-9-24(23)38-3)13-22(17-4-6-18(28)7-5-17)30-26(25)33(32-15)20-10-11-39(36,37)14-20/h4-9,12-13,20H,10-11,14H2,1-3H3,(H,29,34)(H,31,35). The highest BCUT2D eigenvalue weighted by molar-refractivity contribution is 7.91. The van der Waals surface area contributed by atoms with Gasteiger partial charge in [-0.15, -0.1) is 0 Å². The second kappa shape index (κ2) is 10.1. The number of amides is 2. The molecule has 202 valence electrons. The molecule has 2 aromatic heterocycles. The summed E-state index contributed by atoms with van der Waals surface area (Å²) < 4.78 is 45.0. The first-order valence-electron chi connectivity index (χ1n) is 12.2. The third kappa shape index (κ3) is 5.32. The minimum absolute atomic E-state index is 0.0491. The highest BCUT2D eigenvalue weighted by atomic mass is 32.2. The van der Waals surface area contributed by atoms with E-state index in [2.05, 4.69) is 15.7 Å². The largest absolute Gasteiger partial charge is 0.495 e. The highest BCUT2D eigenvalue weighted by Gasteiger charge is 2.32. The van der Waals surface area contributed by atoms with Crippen molar-refractivity contribution in [3.63, 3.8) is 0 Å². The molecule has 4 aromatic rings. The van der Waals surface area contributed by atoms with E-state index in [9.17, 15) is 22.4 Å². The van der Waals surface area contributed by atoms with Crippen molar-refractivity contribution in [2.45, 2.75) is 26.3 Å². The van der Waals surface area contributed by atoms with Crippen molar-refractivity contribution in [3.05, 3.63) is 65.6 Å². The van der Waals surface area contributed by atoms with E-state index in [4.69, 9.17) is 9.72 Å². The van der Waals surface area contributed by atoms with Gasteiger partial charge >= 0.3 is 0 Å². The monoisotopic (exact) mass is 551 g/mol. The number of nitrogens with one attached hydrogen (secondary N) is 2. The van der Waals surface area contributed by atoms with E-state index in [1.807, 2.05) is 0 Å². The second-order valence-corrected chi connectivity index (χ2v) is 11.6. The first-order valence-corrected chi connectivity index (χ1v) is 14.0. The third-order valence-electron chi connectivity index (χ3n) is 6.54. The summed E-state index contributed by atoms with van der Waals surface area (Å²) in [5.41, 5.74) is 2.88. The molecule has 0 radical (unpaired) electrons. The van der Waals surface area contributed by atoms with Crippen LogP contribution in [-0.2, 0) is 14.6 Å². The highest BCUT2D eigenvalue weighted by Crippen LogP contribution is 2.34. The van der Waals surface area contributed by atoms with E-state index < -0.39 is 27.6 Å². The van der Waals surface area contributed by atoms with E-state index in [0.717, 1.165) is 0 Å². The molecule has 12 heteroatoms. The number of hydrogen-bond acceptors (Lipinski definition) is 7. The zero-order chi connectivity index (χ0) is 27.9. The van der Waals surface area contributed by atoms with Crippen molar-refractivity contribution in [3.8, 4) is 17.0 Å². The molecule has 1 saturated heterocycles. The van der Waals surface area contributed by atoms with E-state index in [1.54, 1.807) is 48.0 Å². The Morgan fingerprint density at radius 1 is 1.10 bits per heavy atom. The van der Waals surface area contributed by atoms with Crippen LogP contribution in [0.3, 0.4) is 0 Å². The number of nitrogens with zero attached hydrogens (tertiary/aromatic N) is 3. The normalized spacial score (nSPS) is 16.3. The van der Waals surface area contributed by atoms with Gasteiger partial charge in [-0.2, -0.15) is 5.10 Å². The fourth-order valence-corrected chi connectivity index (χ4v) is 6.45. The average molecular weight is 552 g/mol. The zero-order valence-electron chi connectivity index (χ0n) is 21.5. The first kappa shape index (κ1) is 26.3. The van der Waals surface area contributed by atoms with Gasteiger partial charge in [0, 0.05) is 18.2 Å². The van der Waals surface area contributed by atoms with Crippen molar-refractivity contribution in [2.24, 2.45) is 0 Å². The van der Waals surface area contributed by atoms with Gasteiger partial charge in [-0.25, -0.2) is 22.5 Å². The maximum atomic E-state index is 13.8. The fourth-order valence-electron chi connectivity index (χ4n) is 4.76. The van der Waals surface area contributed by atoms with Gasteiger partial charge in [0.05, 0.1) is 52.7 Å². The lowest BCUT2D eigenvalue weighted by Crippen LogP contribution is -2.16. The van der Waals surface area contributed by atoms with Crippen LogP contribution in [0.2, 0.25) is 0 Å². The summed E-state index contributed by atoms with van der Waals surface area (Å²) in [5.74, 6) is -0.820. The molecule has 1 unspecified atom stereocenters. The number of carbonyl (C=O) groups is 2. The van der Waals surface area contributed by atoms with Crippen LogP contribution in [0.4, 0.5) is 15.8 Å². The molecule has 3 heterocycles. The number of aryl methyl sites for hydroxylation is 1. The molecule has 10 nitrogen and oxygen atoms in total. The smallest absolute Gasteiger partial charge is 0.256 e. The van der Waals surface area contributed by atoms with Crippen LogP contribution < -0.4 is 15.4 Å². The van der Waals surface area contributed by atoms with Gasteiger partial charge in [-0.3, -0.25) is 9.59 Å². The quantitative estimate of drug-likeness (QED) is 0.368. The Kier molecular flexibility index (Phi) is 6.81. The SMILES string of the molecule is COc1ccc(NC(C)=O)cc1NC(=O)c1cc(-c2ccc(F)cc2)nc2c1c(C)nn2C1CCS(=O)(=O)C1. The van der Waals surface area contributed by atoms with Gasteiger partial charge < -0.3 is 15.4 Å². The molecule has 0 saturated carbocycles. The number of hydrogen-bond donors (Lipinski definition) is 2. The molecule has 0 aliphatic carbocycles. The minimum Gasteiger partial charge on any atom is -0.495 e. The molecule has 0 spiro atoms. The number of pyridine rings is 1. The summed E-state index contributed by atoms with van der Waals surface area (Å²) in [6, 6.07) is 11.7. The lowest BCUT2D eigenvalue weighted by molar-refractivity contribution is -0.114. The van der Waals surface area contributed by atoms with Gasteiger partial charge in [0.15, 0.2) is 15.5 Å². The number of carbonyl (C=O) groups excluding carboxylic acids is 2. The number of benzene rings is 2. The van der Waals surface area contributed by atoms with Crippen molar-refractivity contribution in [1.82, 2.24) is 14.8 Å². The first-order chi connectivity index (χ1) is 18.5. The third-order valence-corrected chi connectivity index (χ3v) is 8.29. The molecule has 0 bridgehead atoms. The number of halogens is 1. The summed E-state index contributed by atoms with van der Waals surface area (Å²) in [4.78, 5) is 30.1. The van der Waals surface area contributed by atoms with E-state index >= 15 is 0 Å². The van der Waals surface area contributed by atoms with Gasteiger partial charge in [0.1, 0.15) is 11.6 Å². The van der Waals surface area contributed by atoms with Gasteiger partial charge in [-0.1, -0.05) is 0 Å². The molecule has 1 atom stereocenters. The van der Waals surface area contributed by atoms with Crippen molar-refractivity contribution >= 4 is 44.1 Å². The van der Waals surface area contributed by atoms with Crippen LogP contribution in [-0.4, -0.2) is 53.6 Å². The fraction of sp³-hybridized carbons (Fsp3) is 0.259. The lowest BCUT2D eigenvalue weighted by atomic mass is 10.0. The van der Waals surface area contributed by atoms with E-state index in [0.29, 0.717) is 51.5 Å². The maximum absolute atomic E-state index is 13.8. The van der Waals surface area contributed by atoms with Crippen LogP contribution >= 0.6 is 0 Å². The molecule has 2 N–H and O–H groups in total. The summed E-state index contributed by atoms with van der Waals surface area (Å²) in [6.45, 7) is 3.11.